The van der Waals surface area contributed by atoms with Crippen molar-refractivity contribution in [2.45, 2.75) is 25.4 Å². The van der Waals surface area contributed by atoms with Crippen LogP contribution in [0.4, 0.5) is 5.69 Å². The second-order valence-electron chi connectivity index (χ2n) is 5.45. The first-order chi connectivity index (χ1) is 8.54. The van der Waals surface area contributed by atoms with Gasteiger partial charge in [0, 0.05) is 30.4 Å². The van der Waals surface area contributed by atoms with Crippen molar-refractivity contribution in [1.29, 1.82) is 5.26 Å². The fourth-order valence-electron chi connectivity index (χ4n) is 2.52. The van der Waals surface area contributed by atoms with Gasteiger partial charge in [-0.2, -0.15) is 5.26 Å². The third kappa shape index (κ3) is 2.81. The number of anilines is 1. The Hall–Kier alpha value is -1.57. The maximum Gasteiger partial charge on any atom is 0.0992 e. The predicted octanol–water partition coefficient (Wildman–Crippen LogP) is 1.11. The number of aliphatic hydroxyl groups is 1. The minimum Gasteiger partial charge on any atom is -0.395 e. The fourth-order valence-corrected chi connectivity index (χ4v) is 2.52. The van der Waals surface area contributed by atoms with Gasteiger partial charge in [0.05, 0.1) is 18.2 Å². The van der Waals surface area contributed by atoms with Crippen LogP contribution < -0.4 is 10.2 Å². The summed E-state index contributed by atoms with van der Waals surface area (Å²) in [5.74, 6) is 0. The fraction of sp³-hybridized carbons (Fsp3) is 0.500. The highest BCUT2D eigenvalue weighted by atomic mass is 16.3. The number of hydrogen-bond donors (Lipinski definition) is 2. The molecule has 1 aliphatic rings. The number of benzene rings is 1. The van der Waals surface area contributed by atoms with Crippen LogP contribution in [-0.2, 0) is 0 Å². The molecule has 4 nitrogen and oxygen atoms in total. The largest absolute Gasteiger partial charge is 0.395 e. The molecule has 4 heteroatoms. The second kappa shape index (κ2) is 4.97. The molecule has 0 radical (unpaired) electrons. The molecular formula is C14H19N3O. The van der Waals surface area contributed by atoms with Gasteiger partial charge in [0.15, 0.2) is 0 Å². The van der Waals surface area contributed by atoms with Crippen LogP contribution in [0.25, 0.3) is 0 Å². The topological polar surface area (TPSA) is 59.3 Å². The van der Waals surface area contributed by atoms with Crippen molar-refractivity contribution < 1.29 is 5.11 Å². The third-order valence-corrected chi connectivity index (χ3v) is 3.18. The molecule has 0 spiro atoms. The van der Waals surface area contributed by atoms with E-state index in [1.54, 1.807) is 6.07 Å². The van der Waals surface area contributed by atoms with Gasteiger partial charge in [-0.05, 0) is 32.0 Å². The molecule has 1 fully saturated rings. The molecule has 1 heterocycles. The van der Waals surface area contributed by atoms with Gasteiger partial charge in [-0.25, -0.2) is 0 Å². The van der Waals surface area contributed by atoms with E-state index in [1.165, 1.54) is 0 Å². The third-order valence-electron chi connectivity index (χ3n) is 3.18. The Kier molecular flexibility index (Phi) is 3.55. The second-order valence-corrected chi connectivity index (χ2v) is 5.45. The van der Waals surface area contributed by atoms with Crippen LogP contribution in [0.5, 0.6) is 0 Å². The number of nitrogens with one attached hydrogen (secondary N) is 1. The van der Waals surface area contributed by atoms with E-state index in [0.29, 0.717) is 5.56 Å². The summed E-state index contributed by atoms with van der Waals surface area (Å²) in [5, 5.41) is 21.7. The molecule has 0 aliphatic carbocycles. The zero-order valence-electron chi connectivity index (χ0n) is 10.8. The van der Waals surface area contributed by atoms with Gasteiger partial charge in [0.25, 0.3) is 0 Å². The summed E-state index contributed by atoms with van der Waals surface area (Å²) in [6.45, 7) is 5.98. The van der Waals surface area contributed by atoms with Crippen molar-refractivity contribution in [3.63, 3.8) is 0 Å². The normalized spacial score (nSPS) is 22.6. The maximum atomic E-state index is 9.35. The molecule has 1 aromatic rings. The molecule has 96 valence electrons. The first kappa shape index (κ1) is 12.9. The summed E-state index contributed by atoms with van der Waals surface area (Å²) in [5.41, 5.74) is 1.67. The Bertz CT molecular complexity index is 464. The quantitative estimate of drug-likeness (QED) is 0.819. The van der Waals surface area contributed by atoms with Crippen molar-refractivity contribution in [3.8, 4) is 6.07 Å². The smallest absolute Gasteiger partial charge is 0.0992 e. The Morgan fingerprint density at radius 3 is 3.00 bits per heavy atom. The van der Waals surface area contributed by atoms with Crippen LogP contribution in [0.15, 0.2) is 24.3 Å². The van der Waals surface area contributed by atoms with Crippen LogP contribution in [0.2, 0.25) is 0 Å². The summed E-state index contributed by atoms with van der Waals surface area (Å²) in [4.78, 5) is 2.22. The molecule has 1 atom stereocenters. The van der Waals surface area contributed by atoms with E-state index >= 15 is 0 Å². The zero-order valence-corrected chi connectivity index (χ0v) is 10.8. The highest BCUT2D eigenvalue weighted by Gasteiger charge is 2.31. The van der Waals surface area contributed by atoms with Gasteiger partial charge in [-0.3, -0.25) is 0 Å². The summed E-state index contributed by atoms with van der Waals surface area (Å²) in [7, 11) is 0. The lowest BCUT2D eigenvalue weighted by Gasteiger charge is -2.44. The van der Waals surface area contributed by atoms with Crippen LogP contribution >= 0.6 is 0 Å². The molecule has 2 rings (SSSR count). The molecular weight excluding hydrogens is 226 g/mol. The van der Waals surface area contributed by atoms with Crippen molar-refractivity contribution in [2.75, 3.05) is 24.6 Å². The van der Waals surface area contributed by atoms with Crippen LogP contribution in [0, 0.1) is 11.3 Å². The summed E-state index contributed by atoms with van der Waals surface area (Å²) >= 11 is 0. The summed E-state index contributed by atoms with van der Waals surface area (Å²) < 4.78 is 0. The molecule has 0 amide bonds. The van der Waals surface area contributed by atoms with E-state index in [2.05, 4.69) is 30.1 Å². The summed E-state index contributed by atoms with van der Waals surface area (Å²) in [6.07, 6.45) is 0. The Labute approximate surface area is 108 Å². The minimum absolute atomic E-state index is 0.0473. The highest BCUT2D eigenvalue weighted by Crippen LogP contribution is 2.22. The van der Waals surface area contributed by atoms with Crippen molar-refractivity contribution in [1.82, 2.24) is 5.32 Å². The van der Waals surface area contributed by atoms with Crippen LogP contribution in [-0.4, -0.2) is 36.4 Å². The molecule has 2 N–H and O–H groups in total. The van der Waals surface area contributed by atoms with Crippen LogP contribution in [0.1, 0.15) is 19.4 Å². The maximum absolute atomic E-state index is 9.35. The number of aliphatic hydroxyl groups excluding tert-OH is 1. The number of piperazine rings is 1. The van der Waals surface area contributed by atoms with E-state index in [4.69, 9.17) is 5.26 Å². The van der Waals surface area contributed by atoms with Crippen LogP contribution in [0.3, 0.4) is 0 Å². The molecule has 1 aliphatic heterocycles. The van der Waals surface area contributed by atoms with E-state index in [-0.39, 0.29) is 18.2 Å². The molecule has 0 bridgehead atoms. The molecule has 0 saturated carbocycles. The highest BCUT2D eigenvalue weighted by molar-refractivity contribution is 5.52. The number of nitrogens with zero attached hydrogens (tertiary/aromatic N) is 2. The lowest BCUT2D eigenvalue weighted by molar-refractivity contribution is 0.191. The van der Waals surface area contributed by atoms with Crippen molar-refractivity contribution in [2.24, 2.45) is 0 Å². The summed E-state index contributed by atoms with van der Waals surface area (Å²) in [6, 6.07) is 9.84. The lowest BCUT2D eigenvalue weighted by Crippen LogP contribution is -2.63. The van der Waals surface area contributed by atoms with Crippen molar-refractivity contribution in [3.05, 3.63) is 29.8 Å². The molecule has 1 aromatic carbocycles. The first-order valence-electron chi connectivity index (χ1n) is 6.18. The number of nitriles is 1. The Balaban J connectivity index is 2.23. The average Bonchev–Trinajstić information content (AvgIpc) is 2.37. The van der Waals surface area contributed by atoms with Gasteiger partial charge >= 0.3 is 0 Å². The predicted molar refractivity (Wildman–Crippen MR) is 71.5 cm³/mol. The molecule has 0 aromatic heterocycles. The van der Waals surface area contributed by atoms with Gasteiger partial charge in [-0.15, -0.1) is 0 Å². The number of rotatable bonds is 2. The van der Waals surface area contributed by atoms with Gasteiger partial charge in [0.2, 0.25) is 0 Å². The van der Waals surface area contributed by atoms with E-state index in [9.17, 15) is 5.11 Å². The van der Waals surface area contributed by atoms with E-state index in [1.807, 2.05) is 18.2 Å². The SMILES string of the molecule is CC1(C)CN(c2cccc(C#N)c2)CC(CO)N1. The lowest BCUT2D eigenvalue weighted by atomic mass is 9.98. The van der Waals surface area contributed by atoms with E-state index in [0.717, 1.165) is 18.8 Å². The van der Waals surface area contributed by atoms with Crippen molar-refractivity contribution >= 4 is 5.69 Å². The van der Waals surface area contributed by atoms with Gasteiger partial charge in [-0.1, -0.05) is 6.07 Å². The first-order valence-corrected chi connectivity index (χ1v) is 6.18. The monoisotopic (exact) mass is 245 g/mol. The average molecular weight is 245 g/mol. The molecule has 1 saturated heterocycles. The Morgan fingerprint density at radius 2 is 2.33 bits per heavy atom. The Morgan fingerprint density at radius 1 is 1.56 bits per heavy atom. The van der Waals surface area contributed by atoms with E-state index < -0.39 is 0 Å². The number of hydrogen-bond acceptors (Lipinski definition) is 4. The molecule has 18 heavy (non-hydrogen) atoms. The minimum atomic E-state index is -0.0473. The van der Waals surface area contributed by atoms with Gasteiger partial charge in [0.1, 0.15) is 0 Å². The zero-order chi connectivity index (χ0) is 13.2. The molecule has 1 unspecified atom stereocenters. The van der Waals surface area contributed by atoms with Gasteiger partial charge < -0.3 is 15.3 Å². The standard InChI is InChI=1S/C14H19N3O/c1-14(2)10-17(8-12(9-18)16-14)13-5-3-4-11(6-13)7-15/h3-6,12,16,18H,8-10H2,1-2H3.